The van der Waals surface area contributed by atoms with Gasteiger partial charge in [0.2, 0.25) is 5.91 Å². The van der Waals surface area contributed by atoms with Crippen LogP contribution in [0.4, 0.5) is 0 Å². The van der Waals surface area contributed by atoms with Crippen LogP contribution < -0.4 is 5.32 Å². The van der Waals surface area contributed by atoms with Crippen molar-refractivity contribution < 1.29 is 9.53 Å². The maximum Gasteiger partial charge on any atom is 0.230 e. The van der Waals surface area contributed by atoms with Crippen LogP contribution in [0.25, 0.3) is 0 Å². The summed E-state index contributed by atoms with van der Waals surface area (Å²) in [7, 11) is 0. The summed E-state index contributed by atoms with van der Waals surface area (Å²) in [5.74, 6) is 0.207. The Labute approximate surface area is 135 Å². The first-order chi connectivity index (χ1) is 10.5. The average Bonchev–Trinajstić information content (AvgIpc) is 3.02. The van der Waals surface area contributed by atoms with Crippen molar-refractivity contribution in [3.63, 3.8) is 0 Å². The number of aryl methyl sites for hydroxylation is 1. The number of nitriles is 1. The number of nitrogens with one attached hydrogen (secondary N) is 1. The molecule has 118 valence electrons. The van der Waals surface area contributed by atoms with E-state index >= 15 is 0 Å². The van der Waals surface area contributed by atoms with Gasteiger partial charge in [0, 0.05) is 18.8 Å². The van der Waals surface area contributed by atoms with Crippen LogP contribution in [0.15, 0.2) is 5.03 Å². The molecule has 0 radical (unpaired) electrons. The van der Waals surface area contributed by atoms with E-state index in [1.165, 1.54) is 11.8 Å². The van der Waals surface area contributed by atoms with E-state index in [2.05, 4.69) is 16.4 Å². The fraction of sp³-hybridized carbons (Fsp3) is 0.562. The van der Waals surface area contributed by atoms with Crippen molar-refractivity contribution in [1.82, 2.24) is 10.3 Å². The molecule has 0 aliphatic carbocycles. The molecular formula is C16H21N3O2S. The number of ether oxygens (including phenoxy) is 1. The van der Waals surface area contributed by atoms with E-state index in [0.29, 0.717) is 17.1 Å². The monoisotopic (exact) mass is 319 g/mol. The molecule has 2 heterocycles. The summed E-state index contributed by atoms with van der Waals surface area (Å²) in [4.78, 5) is 16.4. The first-order valence-electron chi connectivity index (χ1n) is 7.42. The normalized spacial score (nSPS) is 17.3. The third kappa shape index (κ3) is 3.99. The Hall–Kier alpha value is -1.58. The highest BCUT2D eigenvalue weighted by molar-refractivity contribution is 8.00. The number of carbonyl (C=O) groups excluding carboxylic acids is 1. The molecule has 1 atom stereocenters. The van der Waals surface area contributed by atoms with E-state index < -0.39 is 0 Å². The van der Waals surface area contributed by atoms with E-state index in [1.807, 2.05) is 20.8 Å². The minimum Gasteiger partial charge on any atom is -0.376 e. The highest BCUT2D eigenvalue weighted by Crippen LogP contribution is 2.26. The van der Waals surface area contributed by atoms with Gasteiger partial charge in [0.15, 0.2) is 0 Å². The molecule has 2 rings (SSSR count). The number of pyridine rings is 1. The summed E-state index contributed by atoms with van der Waals surface area (Å²) < 4.78 is 5.47. The lowest BCUT2D eigenvalue weighted by molar-refractivity contribution is -0.119. The van der Waals surface area contributed by atoms with Crippen LogP contribution in [-0.2, 0) is 9.53 Å². The van der Waals surface area contributed by atoms with E-state index in [-0.39, 0.29) is 17.8 Å². The molecule has 0 saturated carbocycles. The smallest absolute Gasteiger partial charge is 0.230 e. The standard InChI is InChI=1S/C16H21N3O2S/c1-10-11(2)14(7-17)16(19-12(10)3)22-9-15(20)18-8-13-5-4-6-21-13/h13H,4-6,8-9H2,1-3H3,(H,18,20)/t13-/m0/s1. The molecule has 0 aromatic carbocycles. The molecule has 1 fully saturated rings. The van der Waals surface area contributed by atoms with Crippen LogP contribution >= 0.6 is 11.8 Å². The highest BCUT2D eigenvalue weighted by atomic mass is 32.2. The minimum absolute atomic E-state index is 0.0536. The first-order valence-corrected chi connectivity index (χ1v) is 8.40. The third-order valence-corrected chi connectivity index (χ3v) is 4.94. The molecule has 1 N–H and O–H groups in total. The van der Waals surface area contributed by atoms with Gasteiger partial charge in [-0.3, -0.25) is 4.79 Å². The quantitative estimate of drug-likeness (QED) is 0.843. The second kappa shape index (κ2) is 7.61. The van der Waals surface area contributed by atoms with E-state index in [0.717, 1.165) is 36.3 Å². The number of carbonyl (C=O) groups is 1. The molecular weight excluding hydrogens is 298 g/mol. The summed E-state index contributed by atoms with van der Waals surface area (Å²) in [5, 5.41) is 12.8. The molecule has 0 spiro atoms. The van der Waals surface area contributed by atoms with Gasteiger partial charge in [-0.25, -0.2) is 4.98 Å². The number of hydrogen-bond donors (Lipinski definition) is 1. The van der Waals surface area contributed by atoms with Crippen molar-refractivity contribution >= 4 is 17.7 Å². The van der Waals surface area contributed by atoms with Crippen LogP contribution in [0.5, 0.6) is 0 Å². The average molecular weight is 319 g/mol. The van der Waals surface area contributed by atoms with Gasteiger partial charge in [-0.1, -0.05) is 11.8 Å². The lowest BCUT2D eigenvalue weighted by Gasteiger charge is -2.12. The SMILES string of the molecule is Cc1nc(SCC(=O)NC[C@@H]2CCCO2)c(C#N)c(C)c1C. The minimum atomic E-state index is -0.0536. The van der Waals surface area contributed by atoms with Crippen molar-refractivity contribution in [3.05, 3.63) is 22.4 Å². The number of nitrogens with zero attached hydrogens (tertiary/aromatic N) is 2. The second-order valence-corrected chi connectivity index (χ2v) is 6.43. The number of hydrogen-bond acceptors (Lipinski definition) is 5. The van der Waals surface area contributed by atoms with Crippen LogP contribution in [0, 0.1) is 32.1 Å². The second-order valence-electron chi connectivity index (χ2n) is 5.47. The van der Waals surface area contributed by atoms with Gasteiger partial charge in [-0.15, -0.1) is 0 Å². The zero-order valence-electron chi connectivity index (χ0n) is 13.2. The number of aromatic nitrogens is 1. The lowest BCUT2D eigenvalue weighted by atomic mass is 10.1. The largest absolute Gasteiger partial charge is 0.376 e. The number of rotatable bonds is 5. The van der Waals surface area contributed by atoms with E-state index in [9.17, 15) is 10.1 Å². The third-order valence-electron chi connectivity index (χ3n) is 3.97. The molecule has 1 aromatic heterocycles. The van der Waals surface area contributed by atoms with Crippen molar-refractivity contribution in [3.8, 4) is 6.07 Å². The van der Waals surface area contributed by atoms with Crippen LogP contribution in [0.1, 0.15) is 35.2 Å². The molecule has 1 aliphatic rings. The van der Waals surface area contributed by atoms with Crippen LogP contribution in [0.3, 0.4) is 0 Å². The Balaban J connectivity index is 1.93. The van der Waals surface area contributed by atoms with Gasteiger partial charge in [-0.2, -0.15) is 5.26 Å². The molecule has 22 heavy (non-hydrogen) atoms. The Kier molecular flexibility index (Phi) is 5.81. The van der Waals surface area contributed by atoms with Crippen LogP contribution in [-0.4, -0.2) is 35.9 Å². The van der Waals surface area contributed by atoms with Crippen molar-refractivity contribution in [2.75, 3.05) is 18.9 Å². The summed E-state index contributed by atoms with van der Waals surface area (Å²) in [5.41, 5.74) is 3.44. The highest BCUT2D eigenvalue weighted by Gasteiger charge is 2.17. The molecule has 1 saturated heterocycles. The van der Waals surface area contributed by atoms with Gasteiger partial charge in [0.05, 0.1) is 17.4 Å². The summed E-state index contributed by atoms with van der Waals surface area (Å²) in [6.07, 6.45) is 2.21. The van der Waals surface area contributed by atoms with E-state index in [4.69, 9.17) is 4.74 Å². The lowest BCUT2D eigenvalue weighted by Crippen LogP contribution is -2.32. The maximum absolute atomic E-state index is 11.9. The number of thioether (sulfide) groups is 1. The zero-order chi connectivity index (χ0) is 16.1. The first kappa shape index (κ1) is 16.8. The van der Waals surface area contributed by atoms with Crippen molar-refractivity contribution in [2.24, 2.45) is 0 Å². The Bertz CT molecular complexity index is 604. The van der Waals surface area contributed by atoms with Gasteiger partial charge in [0.1, 0.15) is 11.1 Å². The predicted octanol–water partition coefficient (Wildman–Crippen LogP) is 2.27. The van der Waals surface area contributed by atoms with Crippen molar-refractivity contribution in [1.29, 1.82) is 5.26 Å². The van der Waals surface area contributed by atoms with E-state index in [1.54, 1.807) is 0 Å². The number of amides is 1. The topological polar surface area (TPSA) is 75.0 Å². The molecule has 5 nitrogen and oxygen atoms in total. The molecule has 1 aliphatic heterocycles. The van der Waals surface area contributed by atoms with Crippen molar-refractivity contribution in [2.45, 2.75) is 44.7 Å². The summed E-state index contributed by atoms with van der Waals surface area (Å²) in [6.45, 7) is 7.15. The Morgan fingerprint density at radius 3 is 2.86 bits per heavy atom. The molecule has 0 unspecified atom stereocenters. The van der Waals surface area contributed by atoms with Gasteiger partial charge in [0.25, 0.3) is 0 Å². The Morgan fingerprint density at radius 2 is 2.23 bits per heavy atom. The maximum atomic E-state index is 11.9. The van der Waals surface area contributed by atoms with Gasteiger partial charge >= 0.3 is 0 Å². The fourth-order valence-corrected chi connectivity index (χ4v) is 3.28. The zero-order valence-corrected chi connectivity index (χ0v) is 14.0. The summed E-state index contributed by atoms with van der Waals surface area (Å²) in [6, 6.07) is 2.20. The van der Waals surface area contributed by atoms with Gasteiger partial charge < -0.3 is 10.1 Å². The molecule has 1 amide bonds. The summed E-state index contributed by atoms with van der Waals surface area (Å²) >= 11 is 1.31. The molecule has 6 heteroatoms. The molecule has 1 aromatic rings. The predicted molar refractivity (Wildman–Crippen MR) is 85.9 cm³/mol. The van der Waals surface area contributed by atoms with Gasteiger partial charge in [-0.05, 0) is 44.7 Å². The fourth-order valence-electron chi connectivity index (χ4n) is 2.37. The molecule has 0 bridgehead atoms. The van der Waals surface area contributed by atoms with Crippen LogP contribution in [0.2, 0.25) is 0 Å². The Morgan fingerprint density at radius 1 is 1.45 bits per heavy atom.